The molecule has 1 saturated carbocycles. The monoisotopic (exact) mass is 236 g/mol. The van der Waals surface area contributed by atoms with Crippen molar-refractivity contribution in [1.29, 1.82) is 0 Å². The third-order valence-electron chi connectivity index (χ3n) is 3.84. The number of hydrogen-bond acceptors (Lipinski definition) is 2. The van der Waals surface area contributed by atoms with Crippen LogP contribution in [0.2, 0.25) is 0 Å². The Kier molecular flexibility index (Phi) is 3.50. The molecule has 0 aromatic carbocycles. The Hall–Kier alpha value is -1.32. The molecule has 17 heavy (non-hydrogen) atoms. The van der Waals surface area contributed by atoms with Gasteiger partial charge in [-0.3, -0.25) is 9.59 Å². The second-order valence-corrected chi connectivity index (χ2v) is 4.85. The zero-order valence-electron chi connectivity index (χ0n) is 10.4. The van der Waals surface area contributed by atoms with Crippen LogP contribution in [0, 0.1) is 0 Å². The average molecular weight is 236 g/mol. The zero-order valence-corrected chi connectivity index (χ0v) is 10.4. The molecule has 0 atom stereocenters. The van der Waals surface area contributed by atoms with Crippen molar-refractivity contribution in [3.8, 4) is 0 Å². The summed E-state index contributed by atoms with van der Waals surface area (Å²) >= 11 is 0. The number of piperazine rings is 1. The predicted molar refractivity (Wildman–Crippen MR) is 65.4 cm³/mol. The van der Waals surface area contributed by atoms with Gasteiger partial charge in [-0.05, 0) is 19.8 Å². The summed E-state index contributed by atoms with van der Waals surface area (Å²) < 4.78 is 0. The van der Waals surface area contributed by atoms with Crippen molar-refractivity contribution in [2.75, 3.05) is 13.1 Å². The topological polar surface area (TPSA) is 49.4 Å². The van der Waals surface area contributed by atoms with E-state index in [0.29, 0.717) is 6.54 Å². The van der Waals surface area contributed by atoms with Crippen LogP contribution in [0.4, 0.5) is 0 Å². The Bertz CT molecular complexity index is 343. The summed E-state index contributed by atoms with van der Waals surface area (Å²) in [5, 5.41) is 2.74. The molecule has 2 amide bonds. The van der Waals surface area contributed by atoms with Gasteiger partial charge in [-0.15, -0.1) is 0 Å². The zero-order chi connectivity index (χ0) is 12.3. The molecule has 2 rings (SSSR count). The van der Waals surface area contributed by atoms with Crippen molar-refractivity contribution in [2.24, 2.45) is 0 Å². The standard InChI is InChI=1S/C13H20N2O2/c1-2-3-9-15-11(16)10-14-12(17)13(15)7-5-4-6-8-13/h2-3H,4-10H2,1H3,(H,14,17)/b3-2+. The van der Waals surface area contributed by atoms with Gasteiger partial charge < -0.3 is 10.2 Å². The van der Waals surface area contributed by atoms with Crippen molar-refractivity contribution >= 4 is 11.8 Å². The first kappa shape index (κ1) is 12.1. The number of carbonyl (C=O) groups excluding carboxylic acids is 2. The van der Waals surface area contributed by atoms with Gasteiger partial charge in [-0.2, -0.15) is 0 Å². The summed E-state index contributed by atoms with van der Waals surface area (Å²) in [7, 11) is 0. The molecule has 1 N–H and O–H groups in total. The van der Waals surface area contributed by atoms with Crippen molar-refractivity contribution in [2.45, 2.75) is 44.6 Å². The van der Waals surface area contributed by atoms with Gasteiger partial charge >= 0.3 is 0 Å². The average Bonchev–Trinajstić information content (AvgIpc) is 2.36. The number of nitrogens with one attached hydrogen (secondary N) is 1. The minimum absolute atomic E-state index is 0.0429. The summed E-state index contributed by atoms with van der Waals surface area (Å²) in [6, 6.07) is 0. The maximum Gasteiger partial charge on any atom is 0.246 e. The van der Waals surface area contributed by atoms with Crippen LogP contribution in [0.1, 0.15) is 39.0 Å². The molecular formula is C13H20N2O2. The molecule has 1 saturated heterocycles. The van der Waals surface area contributed by atoms with Crippen LogP contribution in [0.25, 0.3) is 0 Å². The van der Waals surface area contributed by atoms with E-state index >= 15 is 0 Å². The summed E-state index contributed by atoms with van der Waals surface area (Å²) in [6.07, 6.45) is 8.73. The highest BCUT2D eigenvalue weighted by Gasteiger charge is 2.48. The van der Waals surface area contributed by atoms with Crippen LogP contribution in [0.15, 0.2) is 12.2 Å². The lowest BCUT2D eigenvalue weighted by molar-refractivity contribution is -0.155. The van der Waals surface area contributed by atoms with E-state index in [4.69, 9.17) is 0 Å². The largest absolute Gasteiger partial charge is 0.345 e. The molecule has 0 radical (unpaired) electrons. The molecule has 0 aromatic heterocycles. The predicted octanol–water partition coefficient (Wildman–Crippen LogP) is 1.22. The highest BCUT2D eigenvalue weighted by atomic mass is 16.2. The molecule has 1 heterocycles. The van der Waals surface area contributed by atoms with Crippen LogP contribution in [-0.2, 0) is 9.59 Å². The fourth-order valence-corrected chi connectivity index (χ4v) is 2.90. The number of hydrogen-bond donors (Lipinski definition) is 1. The molecular weight excluding hydrogens is 216 g/mol. The van der Waals surface area contributed by atoms with Gasteiger partial charge in [0.25, 0.3) is 0 Å². The maximum absolute atomic E-state index is 12.2. The smallest absolute Gasteiger partial charge is 0.246 e. The molecule has 94 valence electrons. The first-order valence-corrected chi connectivity index (χ1v) is 6.40. The van der Waals surface area contributed by atoms with E-state index in [-0.39, 0.29) is 18.4 Å². The van der Waals surface area contributed by atoms with Gasteiger partial charge in [-0.25, -0.2) is 0 Å². The van der Waals surface area contributed by atoms with Crippen molar-refractivity contribution in [3.05, 3.63) is 12.2 Å². The van der Waals surface area contributed by atoms with Gasteiger partial charge in [0.15, 0.2) is 0 Å². The lowest BCUT2D eigenvalue weighted by atomic mass is 9.78. The molecule has 2 fully saturated rings. The van der Waals surface area contributed by atoms with Crippen molar-refractivity contribution < 1.29 is 9.59 Å². The molecule has 2 aliphatic rings. The van der Waals surface area contributed by atoms with Crippen LogP contribution >= 0.6 is 0 Å². The number of allylic oxidation sites excluding steroid dienone is 1. The molecule has 1 aliphatic carbocycles. The summed E-state index contributed by atoms with van der Waals surface area (Å²) in [4.78, 5) is 25.9. The van der Waals surface area contributed by atoms with E-state index in [9.17, 15) is 9.59 Å². The minimum Gasteiger partial charge on any atom is -0.345 e. The first-order valence-electron chi connectivity index (χ1n) is 6.40. The fourth-order valence-electron chi connectivity index (χ4n) is 2.90. The highest BCUT2D eigenvalue weighted by Crippen LogP contribution is 2.35. The van der Waals surface area contributed by atoms with E-state index in [1.165, 1.54) is 6.42 Å². The molecule has 4 heteroatoms. The summed E-state index contributed by atoms with van der Waals surface area (Å²) in [5.41, 5.74) is -0.562. The molecule has 1 spiro atoms. The van der Waals surface area contributed by atoms with E-state index in [2.05, 4.69) is 5.32 Å². The van der Waals surface area contributed by atoms with E-state index in [1.807, 2.05) is 19.1 Å². The Balaban J connectivity index is 2.26. The van der Waals surface area contributed by atoms with Gasteiger partial charge in [0.1, 0.15) is 5.54 Å². The van der Waals surface area contributed by atoms with Crippen LogP contribution < -0.4 is 5.32 Å². The van der Waals surface area contributed by atoms with E-state index in [0.717, 1.165) is 25.7 Å². The summed E-state index contributed by atoms with van der Waals surface area (Å²) in [5.74, 6) is 0.0888. The van der Waals surface area contributed by atoms with Gasteiger partial charge in [-0.1, -0.05) is 31.4 Å². The van der Waals surface area contributed by atoms with Crippen LogP contribution in [-0.4, -0.2) is 35.3 Å². The molecule has 0 unspecified atom stereocenters. The normalized spacial score (nSPS) is 24.4. The number of carbonyl (C=O) groups is 2. The molecule has 0 bridgehead atoms. The fraction of sp³-hybridized carbons (Fsp3) is 0.692. The van der Waals surface area contributed by atoms with Crippen LogP contribution in [0.5, 0.6) is 0 Å². The third-order valence-corrected chi connectivity index (χ3v) is 3.84. The third kappa shape index (κ3) is 2.08. The number of nitrogens with zero attached hydrogens (tertiary/aromatic N) is 1. The Morgan fingerprint density at radius 1 is 1.29 bits per heavy atom. The number of amides is 2. The molecule has 1 aliphatic heterocycles. The van der Waals surface area contributed by atoms with Gasteiger partial charge in [0, 0.05) is 6.54 Å². The van der Waals surface area contributed by atoms with Crippen molar-refractivity contribution in [3.63, 3.8) is 0 Å². The Morgan fingerprint density at radius 2 is 2.00 bits per heavy atom. The minimum atomic E-state index is -0.562. The Morgan fingerprint density at radius 3 is 2.65 bits per heavy atom. The van der Waals surface area contributed by atoms with Crippen molar-refractivity contribution in [1.82, 2.24) is 10.2 Å². The highest BCUT2D eigenvalue weighted by molar-refractivity contribution is 5.98. The first-order chi connectivity index (χ1) is 8.20. The van der Waals surface area contributed by atoms with Gasteiger partial charge in [0.05, 0.1) is 6.54 Å². The quantitative estimate of drug-likeness (QED) is 0.733. The Labute approximate surface area is 102 Å². The SMILES string of the molecule is C/C=C/CN1C(=O)CNC(=O)C12CCCCC2. The molecule has 4 nitrogen and oxygen atoms in total. The van der Waals surface area contributed by atoms with Gasteiger partial charge in [0.2, 0.25) is 11.8 Å². The second-order valence-electron chi connectivity index (χ2n) is 4.85. The maximum atomic E-state index is 12.2. The lowest BCUT2D eigenvalue weighted by Crippen LogP contribution is -2.67. The lowest BCUT2D eigenvalue weighted by Gasteiger charge is -2.47. The van der Waals surface area contributed by atoms with E-state index < -0.39 is 5.54 Å². The number of rotatable bonds is 2. The summed E-state index contributed by atoms with van der Waals surface area (Å²) in [6.45, 7) is 2.64. The second kappa shape index (κ2) is 4.90. The van der Waals surface area contributed by atoms with E-state index in [1.54, 1.807) is 4.90 Å². The molecule has 0 aromatic rings. The van der Waals surface area contributed by atoms with Crippen LogP contribution in [0.3, 0.4) is 0 Å².